The van der Waals surface area contributed by atoms with E-state index in [4.69, 9.17) is 4.74 Å². The summed E-state index contributed by atoms with van der Waals surface area (Å²) in [6, 6.07) is 12.0. The largest absolute Gasteiger partial charge is 0.496 e. The maximum atomic E-state index is 11.2. The van der Waals surface area contributed by atoms with Crippen LogP contribution >= 0.6 is 0 Å². The molecular formula is C24H26N2O3. The molecule has 150 valence electrons. The Balaban J connectivity index is 1.50. The molecule has 5 rings (SSSR count). The zero-order chi connectivity index (χ0) is 20.1. The Kier molecular flexibility index (Phi) is 4.36. The first-order chi connectivity index (χ1) is 14.0. The van der Waals surface area contributed by atoms with Gasteiger partial charge in [-0.05, 0) is 67.0 Å². The van der Waals surface area contributed by atoms with Gasteiger partial charge in [0.2, 0.25) is 0 Å². The molecule has 2 aromatic carbocycles. The summed E-state index contributed by atoms with van der Waals surface area (Å²) < 4.78 is 5.76. The number of nitrogens with one attached hydrogen (secondary N) is 1. The van der Waals surface area contributed by atoms with E-state index in [1.165, 1.54) is 34.0 Å². The lowest BCUT2D eigenvalue weighted by Gasteiger charge is -2.36. The van der Waals surface area contributed by atoms with Crippen LogP contribution in [0.3, 0.4) is 0 Å². The fourth-order valence-corrected chi connectivity index (χ4v) is 5.04. The number of aryl methyl sites for hydroxylation is 1. The lowest BCUT2D eigenvalue weighted by molar-refractivity contribution is 0.0696. The normalized spacial score (nSPS) is 23.7. The fraction of sp³-hybridized carbons (Fsp3) is 0.375. The lowest BCUT2D eigenvalue weighted by atomic mass is 9.93. The number of carboxylic acids is 1. The van der Waals surface area contributed by atoms with Crippen molar-refractivity contribution in [2.24, 2.45) is 11.8 Å². The summed E-state index contributed by atoms with van der Waals surface area (Å²) in [4.78, 5) is 17.1. The summed E-state index contributed by atoms with van der Waals surface area (Å²) >= 11 is 0. The van der Waals surface area contributed by atoms with Gasteiger partial charge in [0, 0.05) is 41.8 Å². The van der Waals surface area contributed by atoms with E-state index in [0.29, 0.717) is 11.6 Å². The highest BCUT2D eigenvalue weighted by Gasteiger charge is 2.46. The molecule has 3 unspecified atom stereocenters. The third-order valence-corrected chi connectivity index (χ3v) is 6.74. The number of benzene rings is 2. The van der Waals surface area contributed by atoms with Crippen LogP contribution in [-0.2, 0) is 6.54 Å². The molecule has 2 fully saturated rings. The maximum absolute atomic E-state index is 11.2. The molecule has 2 heterocycles. The number of aromatic carboxylic acids is 1. The van der Waals surface area contributed by atoms with Gasteiger partial charge < -0.3 is 14.8 Å². The molecule has 2 aliphatic rings. The van der Waals surface area contributed by atoms with Gasteiger partial charge in [-0.25, -0.2) is 4.79 Å². The summed E-state index contributed by atoms with van der Waals surface area (Å²) in [5.74, 6) is 1.66. The Labute approximate surface area is 170 Å². The summed E-state index contributed by atoms with van der Waals surface area (Å²) in [6.45, 7) is 4.01. The fourth-order valence-electron chi connectivity index (χ4n) is 5.04. The number of ether oxygens (including phenoxy) is 1. The molecule has 5 nitrogen and oxygen atoms in total. The second-order valence-electron chi connectivity index (χ2n) is 8.50. The highest BCUT2D eigenvalue weighted by Crippen LogP contribution is 2.52. The summed E-state index contributed by atoms with van der Waals surface area (Å²) in [7, 11) is 1.74. The first-order valence-corrected chi connectivity index (χ1v) is 10.3. The van der Waals surface area contributed by atoms with Crippen LogP contribution in [0.1, 0.15) is 45.9 Å². The van der Waals surface area contributed by atoms with Crippen molar-refractivity contribution in [2.75, 3.05) is 13.7 Å². The van der Waals surface area contributed by atoms with E-state index < -0.39 is 5.97 Å². The molecule has 2 N–H and O–H groups in total. The number of nitrogens with zero attached hydrogens (tertiary/aromatic N) is 1. The Morgan fingerprint density at radius 1 is 1.21 bits per heavy atom. The van der Waals surface area contributed by atoms with Crippen molar-refractivity contribution in [3.63, 3.8) is 0 Å². The number of H-pyrrole nitrogens is 1. The quantitative estimate of drug-likeness (QED) is 0.659. The molecule has 0 spiro atoms. The van der Waals surface area contributed by atoms with Crippen LogP contribution in [0.2, 0.25) is 0 Å². The summed E-state index contributed by atoms with van der Waals surface area (Å²) in [5.41, 5.74) is 5.13. The second-order valence-corrected chi connectivity index (χ2v) is 8.50. The van der Waals surface area contributed by atoms with Gasteiger partial charge in [-0.1, -0.05) is 12.1 Å². The summed E-state index contributed by atoms with van der Waals surface area (Å²) in [6.07, 6.45) is 4.45. The average molecular weight is 390 g/mol. The van der Waals surface area contributed by atoms with Crippen molar-refractivity contribution >= 4 is 16.9 Å². The van der Waals surface area contributed by atoms with Crippen LogP contribution in [0.4, 0.5) is 0 Å². The van der Waals surface area contributed by atoms with Crippen LogP contribution in [0, 0.1) is 18.8 Å². The number of fused-ring (bicyclic) bond motifs is 2. The molecule has 1 aliphatic carbocycles. The predicted octanol–water partition coefficient (Wildman–Crippen LogP) is 4.77. The topological polar surface area (TPSA) is 65.6 Å². The number of aromatic nitrogens is 1. The van der Waals surface area contributed by atoms with Crippen molar-refractivity contribution in [3.05, 3.63) is 64.8 Å². The molecule has 1 aromatic heterocycles. The number of carboxylic acid groups (broad SMARTS) is 1. The van der Waals surface area contributed by atoms with Crippen molar-refractivity contribution in [2.45, 2.75) is 32.4 Å². The van der Waals surface area contributed by atoms with Gasteiger partial charge in [-0.2, -0.15) is 0 Å². The van der Waals surface area contributed by atoms with Gasteiger partial charge in [0.15, 0.2) is 0 Å². The van der Waals surface area contributed by atoms with Gasteiger partial charge >= 0.3 is 5.97 Å². The molecule has 1 aliphatic heterocycles. The summed E-state index contributed by atoms with van der Waals surface area (Å²) in [5, 5.41) is 10.4. The van der Waals surface area contributed by atoms with Gasteiger partial charge in [0.05, 0.1) is 12.7 Å². The number of aromatic amines is 1. The van der Waals surface area contributed by atoms with Crippen molar-refractivity contribution in [3.8, 4) is 5.75 Å². The lowest BCUT2D eigenvalue weighted by Crippen LogP contribution is -2.34. The van der Waals surface area contributed by atoms with Crippen LogP contribution < -0.4 is 4.74 Å². The third kappa shape index (κ3) is 3.19. The molecule has 3 atom stereocenters. The van der Waals surface area contributed by atoms with Crippen LogP contribution in [0.5, 0.6) is 5.75 Å². The van der Waals surface area contributed by atoms with Crippen molar-refractivity contribution < 1.29 is 14.6 Å². The minimum Gasteiger partial charge on any atom is -0.496 e. The smallest absolute Gasteiger partial charge is 0.335 e. The van der Waals surface area contributed by atoms with Gasteiger partial charge in [-0.3, -0.25) is 4.90 Å². The van der Waals surface area contributed by atoms with E-state index in [1.807, 2.05) is 18.3 Å². The van der Waals surface area contributed by atoms with Crippen molar-refractivity contribution in [1.29, 1.82) is 0 Å². The number of rotatable bonds is 5. The predicted molar refractivity (Wildman–Crippen MR) is 112 cm³/mol. The number of methoxy groups -OCH3 is 1. The molecule has 1 saturated heterocycles. The molecule has 3 aromatic rings. The van der Waals surface area contributed by atoms with E-state index in [0.717, 1.165) is 37.1 Å². The van der Waals surface area contributed by atoms with Crippen LogP contribution in [-0.4, -0.2) is 34.6 Å². The van der Waals surface area contributed by atoms with E-state index in [1.54, 1.807) is 19.2 Å². The SMILES string of the molecule is COc1cc(C)c2[nH]ccc2c1CN1CC2CC2CC1c1ccc(C(=O)O)cc1. The third-order valence-electron chi connectivity index (χ3n) is 6.74. The zero-order valence-electron chi connectivity index (χ0n) is 16.8. The molecule has 5 heteroatoms. The Morgan fingerprint density at radius 3 is 2.72 bits per heavy atom. The zero-order valence-corrected chi connectivity index (χ0v) is 16.8. The van der Waals surface area contributed by atoms with Gasteiger partial charge in [0.1, 0.15) is 5.75 Å². The maximum Gasteiger partial charge on any atom is 0.335 e. The Bertz CT molecular complexity index is 1070. The van der Waals surface area contributed by atoms with Crippen LogP contribution in [0.15, 0.2) is 42.6 Å². The van der Waals surface area contributed by atoms with Crippen molar-refractivity contribution in [1.82, 2.24) is 9.88 Å². The molecule has 29 heavy (non-hydrogen) atoms. The minimum atomic E-state index is -0.876. The number of hydrogen-bond acceptors (Lipinski definition) is 3. The number of hydrogen-bond donors (Lipinski definition) is 2. The van der Waals surface area contributed by atoms with Gasteiger partial charge in [0.25, 0.3) is 0 Å². The monoisotopic (exact) mass is 390 g/mol. The Hall–Kier alpha value is -2.79. The Morgan fingerprint density at radius 2 is 2.00 bits per heavy atom. The standard InChI is InChI=1S/C24H26N2O3/c1-14-9-22(29-2)20(19-7-8-25-23(14)19)13-26-12-18-10-17(18)11-21(26)15-3-5-16(6-4-15)24(27)28/h3-9,17-18,21,25H,10-13H2,1-2H3,(H,27,28). The number of likely N-dealkylation sites (tertiary alicyclic amines) is 1. The van der Waals surface area contributed by atoms with E-state index in [2.05, 4.69) is 28.9 Å². The molecular weight excluding hydrogens is 364 g/mol. The van der Waals surface area contributed by atoms with E-state index >= 15 is 0 Å². The number of piperidine rings is 1. The average Bonchev–Trinajstić information content (AvgIpc) is 3.30. The first kappa shape index (κ1) is 18.3. The molecule has 0 bridgehead atoms. The number of carbonyl (C=O) groups is 1. The van der Waals surface area contributed by atoms with E-state index in [9.17, 15) is 9.90 Å². The molecule has 0 radical (unpaired) electrons. The highest BCUT2D eigenvalue weighted by molar-refractivity contribution is 5.88. The minimum absolute atomic E-state index is 0.307. The first-order valence-electron chi connectivity index (χ1n) is 10.3. The molecule has 1 saturated carbocycles. The van der Waals surface area contributed by atoms with Crippen LogP contribution in [0.25, 0.3) is 10.9 Å². The molecule has 0 amide bonds. The highest BCUT2D eigenvalue weighted by atomic mass is 16.5. The van der Waals surface area contributed by atoms with E-state index in [-0.39, 0.29) is 0 Å². The second kappa shape index (κ2) is 6.92. The van der Waals surface area contributed by atoms with Gasteiger partial charge in [-0.15, -0.1) is 0 Å².